The lowest BCUT2D eigenvalue weighted by Gasteiger charge is -2.25. The highest BCUT2D eigenvalue weighted by Gasteiger charge is 2.30. The number of aromatic nitrogens is 1. The van der Waals surface area contributed by atoms with Crippen LogP contribution in [0, 0.1) is 0 Å². The molecule has 1 aliphatic heterocycles. The Kier molecular flexibility index (Phi) is 5.51. The van der Waals surface area contributed by atoms with E-state index in [0.717, 1.165) is 31.5 Å². The number of likely N-dealkylation sites (tertiary alicyclic amines) is 1. The largest absolute Gasteiger partial charge is 0.362 e. The number of benzene rings is 1. The lowest BCUT2D eigenvalue weighted by molar-refractivity contribution is -0.132. The van der Waals surface area contributed by atoms with Gasteiger partial charge in [-0.2, -0.15) is 0 Å². The predicted octanol–water partition coefficient (Wildman–Crippen LogP) is 2.24. The van der Waals surface area contributed by atoms with Gasteiger partial charge >= 0.3 is 0 Å². The minimum Gasteiger partial charge on any atom is -0.362 e. The van der Waals surface area contributed by atoms with Gasteiger partial charge in [0.2, 0.25) is 5.91 Å². The van der Waals surface area contributed by atoms with Crippen molar-refractivity contribution in [3.05, 3.63) is 59.8 Å². The van der Waals surface area contributed by atoms with E-state index >= 15 is 0 Å². The summed E-state index contributed by atoms with van der Waals surface area (Å²) in [5, 5.41) is 2.92. The molecule has 0 unspecified atom stereocenters. The highest BCUT2D eigenvalue weighted by Crippen LogP contribution is 2.21. The molecule has 0 bridgehead atoms. The van der Waals surface area contributed by atoms with Gasteiger partial charge in [-0.15, -0.1) is 0 Å². The molecule has 2 heterocycles. The van der Waals surface area contributed by atoms with E-state index < -0.39 is 6.04 Å². The molecule has 1 fully saturated rings. The highest BCUT2D eigenvalue weighted by atomic mass is 16.2. The average Bonchev–Trinajstić information content (AvgIpc) is 3.21. The molecule has 0 radical (unpaired) electrons. The van der Waals surface area contributed by atoms with Crippen molar-refractivity contribution in [3.8, 4) is 0 Å². The molecule has 1 atom stereocenters. The molecule has 2 aromatic rings. The van der Waals surface area contributed by atoms with Crippen LogP contribution in [-0.4, -0.2) is 48.9 Å². The summed E-state index contributed by atoms with van der Waals surface area (Å²) in [5.74, 6) is 0.214. The van der Waals surface area contributed by atoms with Crippen molar-refractivity contribution in [1.82, 2.24) is 15.2 Å². The van der Waals surface area contributed by atoms with E-state index in [-0.39, 0.29) is 11.8 Å². The van der Waals surface area contributed by atoms with Gasteiger partial charge in [0.05, 0.1) is 5.56 Å². The summed E-state index contributed by atoms with van der Waals surface area (Å²) < 4.78 is 0. The molecule has 3 rings (SSSR count). The van der Waals surface area contributed by atoms with Crippen molar-refractivity contribution < 1.29 is 9.59 Å². The molecule has 2 amide bonds. The summed E-state index contributed by atoms with van der Waals surface area (Å²) in [7, 11) is 3.67. The summed E-state index contributed by atoms with van der Waals surface area (Å²) in [6.07, 6.45) is 3.67. The first kappa shape index (κ1) is 17.9. The molecule has 0 aliphatic carbocycles. The third-order valence-electron chi connectivity index (χ3n) is 4.53. The monoisotopic (exact) mass is 352 g/mol. The molecule has 0 spiro atoms. The number of hydrogen-bond donors (Lipinski definition) is 1. The van der Waals surface area contributed by atoms with Crippen molar-refractivity contribution in [2.45, 2.75) is 18.9 Å². The second-order valence-electron chi connectivity index (χ2n) is 6.62. The fraction of sp³-hybridized carbons (Fsp3) is 0.350. The quantitative estimate of drug-likeness (QED) is 0.896. The Hall–Kier alpha value is -2.89. The summed E-state index contributed by atoms with van der Waals surface area (Å²) in [5.41, 5.74) is 1.24. The Labute approximate surface area is 153 Å². The van der Waals surface area contributed by atoms with Gasteiger partial charge in [-0.3, -0.25) is 9.59 Å². The zero-order valence-corrected chi connectivity index (χ0v) is 15.2. The first-order valence-electron chi connectivity index (χ1n) is 8.85. The minimum absolute atomic E-state index is 0.0580. The fourth-order valence-electron chi connectivity index (χ4n) is 3.19. The molecule has 1 N–H and O–H groups in total. The molecule has 26 heavy (non-hydrogen) atoms. The van der Waals surface area contributed by atoms with Crippen LogP contribution in [-0.2, 0) is 4.79 Å². The molecule has 1 saturated heterocycles. The second-order valence-corrected chi connectivity index (χ2v) is 6.62. The standard InChI is InChI=1S/C20H24N4O2/c1-23(2)18-16(11-8-12-21-18)19(25)22-17(15-9-4-3-5-10-15)20(26)24-13-6-7-14-24/h3-5,8-12,17H,6-7,13-14H2,1-2H3,(H,22,25)/t17-/m0/s1. The molecular formula is C20H24N4O2. The van der Waals surface area contributed by atoms with E-state index in [1.54, 1.807) is 23.2 Å². The third-order valence-corrected chi connectivity index (χ3v) is 4.53. The zero-order valence-electron chi connectivity index (χ0n) is 15.2. The van der Waals surface area contributed by atoms with Crippen LogP contribution in [0.2, 0.25) is 0 Å². The number of hydrogen-bond acceptors (Lipinski definition) is 4. The normalized spacial score (nSPS) is 14.8. The van der Waals surface area contributed by atoms with E-state index in [1.807, 2.05) is 49.3 Å². The fourth-order valence-corrected chi connectivity index (χ4v) is 3.19. The Morgan fingerprint density at radius 2 is 1.77 bits per heavy atom. The highest BCUT2D eigenvalue weighted by molar-refractivity contribution is 6.01. The Morgan fingerprint density at radius 1 is 1.08 bits per heavy atom. The van der Waals surface area contributed by atoms with Crippen molar-refractivity contribution in [2.24, 2.45) is 0 Å². The van der Waals surface area contributed by atoms with Crippen LogP contribution in [0.15, 0.2) is 48.7 Å². The van der Waals surface area contributed by atoms with E-state index in [9.17, 15) is 9.59 Å². The van der Waals surface area contributed by atoms with Crippen molar-refractivity contribution in [1.29, 1.82) is 0 Å². The first-order chi connectivity index (χ1) is 12.6. The molecule has 6 heteroatoms. The van der Waals surface area contributed by atoms with Gasteiger partial charge < -0.3 is 15.1 Å². The van der Waals surface area contributed by atoms with Gasteiger partial charge in [0, 0.05) is 33.4 Å². The molecule has 6 nitrogen and oxygen atoms in total. The Balaban J connectivity index is 1.88. The molecule has 1 aromatic carbocycles. The number of amides is 2. The van der Waals surface area contributed by atoms with E-state index in [4.69, 9.17) is 0 Å². The lowest BCUT2D eigenvalue weighted by Crippen LogP contribution is -2.42. The predicted molar refractivity (Wildman–Crippen MR) is 101 cm³/mol. The number of nitrogens with one attached hydrogen (secondary N) is 1. The SMILES string of the molecule is CN(C)c1ncccc1C(=O)N[C@H](C(=O)N1CCCC1)c1ccccc1. The molecule has 136 valence electrons. The number of anilines is 1. The third kappa shape index (κ3) is 3.85. The van der Waals surface area contributed by atoms with Crippen LogP contribution in [0.4, 0.5) is 5.82 Å². The van der Waals surface area contributed by atoms with Crippen LogP contribution in [0.5, 0.6) is 0 Å². The summed E-state index contributed by atoms with van der Waals surface area (Å²) in [6, 6.07) is 12.1. The van der Waals surface area contributed by atoms with Gasteiger partial charge in [0.25, 0.3) is 5.91 Å². The van der Waals surface area contributed by atoms with Gasteiger partial charge in [-0.1, -0.05) is 30.3 Å². The zero-order chi connectivity index (χ0) is 18.5. The Morgan fingerprint density at radius 3 is 2.42 bits per heavy atom. The smallest absolute Gasteiger partial charge is 0.255 e. The Bertz CT molecular complexity index is 770. The number of carbonyl (C=O) groups is 2. The van der Waals surface area contributed by atoms with Gasteiger partial charge in [-0.05, 0) is 30.5 Å². The lowest BCUT2D eigenvalue weighted by atomic mass is 10.0. The first-order valence-corrected chi connectivity index (χ1v) is 8.85. The minimum atomic E-state index is -0.697. The topological polar surface area (TPSA) is 65.5 Å². The molecule has 1 aromatic heterocycles. The average molecular weight is 352 g/mol. The van der Waals surface area contributed by atoms with E-state index in [0.29, 0.717) is 11.4 Å². The van der Waals surface area contributed by atoms with Crippen LogP contribution in [0.25, 0.3) is 0 Å². The van der Waals surface area contributed by atoms with Crippen molar-refractivity contribution >= 4 is 17.6 Å². The maximum Gasteiger partial charge on any atom is 0.255 e. The molecular weight excluding hydrogens is 328 g/mol. The van der Waals surface area contributed by atoms with E-state index in [2.05, 4.69) is 10.3 Å². The van der Waals surface area contributed by atoms with Gasteiger partial charge in [0.15, 0.2) is 0 Å². The number of rotatable bonds is 5. The number of pyridine rings is 1. The van der Waals surface area contributed by atoms with Crippen LogP contribution in [0.1, 0.15) is 34.8 Å². The van der Waals surface area contributed by atoms with Crippen molar-refractivity contribution in [2.75, 3.05) is 32.1 Å². The van der Waals surface area contributed by atoms with Gasteiger partial charge in [-0.25, -0.2) is 4.98 Å². The van der Waals surface area contributed by atoms with Crippen LogP contribution in [0.3, 0.4) is 0 Å². The molecule has 1 aliphatic rings. The second kappa shape index (κ2) is 7.99. The molecule has 0 saturated carbocycles. The summed E-state index contributed by atoms with van der Waals surface area (Å²) in [6.45, 7) is 1.49. The summed E-state index contributed by atoms with van der Waals surface area (Å²) >= 11 is 0. The van der Waals surface area contributed by atoms with Crippen LogP contribution >= 0.6 is 0 Å². The number of carbonyl (C=O) groups excluding carboxylic acids is 2. The maximum atomic E-state index is 13.0. The van der Waals surface area contributed by atoms with Crippen molar-refractivity contribution in [3.63, 3.8) is 0 Å². The number of nitrogens with zero attached hydrogens (tertiary/aromatic N) is 3. The van der Waals surface area contributed by atoms with Crippen LogP contribution < -0.4 is 10.2 Å². The maximum absolute atomic E-state index is 13.0. The van der Waals surface area contributed by atoms with E-state index in [1.165, 1.54) is 0 Å². The summed E-state index contributed by atoms with van der Waals surface area (Å²) in [4.78, 5) is 33.8. The van der Waals surface area contributed by atoms with Gasteiger partial charge in [0.1, 0.15) is 11.9 Å².